The number of halogens is 1. The maximum absolute atomic E-state index is 16.7. The number of amides is 4. The van der Waals surface area contributed by atoms with E-state index in [2.05, 4.69) is 15.6 Å². The quantitative estimate of drug-likeness (QED) is 0.0237. The van der Waals surface area contributed by atoms with Gasteiger partial charge in [0.2, 0.25) is 12.1 Å². The number of likely N-dealkylation sites (N-methyl/N-ethyl adjacent to an activating group) is 1. The van der Waals surface area contributed by atoms with Crippen molar-refractivity contribution in [1.82, 2.24) is 39.7 Å². The van der Waals surface area contributed by atoms with Gasteiger partial charge in [-0.15, -0.1) is 13.5 Å². The van der Waals surface area contributed by atoms with Crippen LogP contribution < -0.4 is 24.0 Å². The molecule has 31 heteroatoms. The minimum Gasteiger partial charge on any atom is -0.479 e. The van der Waals surface area contributed by atoms with E-state index in [1.54, 1.807) is 0 Å². The molecule has 2 aromatic carbocycles. The molecule has 4 aliphatic heterocycles. The number of aromatic nitrogens is 5. The van der Waals surface area contributed by atoms with Gasteiger partial charge >= 0.3 is 22.3 Å². The van der Waals surface area contributed by atoms with E-state index in [0.29, 0.717) is 5.69 Å². The van der Waals surface area contributed by atoms with Crippen LogP contribution in [0.25, 0.3) is 22.3 Å². The van der Waals surface area contributed by atoms with Gasteiger partial charge in [-0.25, -0.2) is 23.6 Å². The smallest absolute Gasteiger partial charge is 0.479 e. The zero-order valence-corrected chi connectivity index (χ0v) is 44.2. The van der Waals surface area contributed by atoms with Gasteiger partial charge < -0.3 is 67.6 Å². The van der Waals surface area contributed by atoms with Crippen LogP contribution in [0, 0.1) is 5.82 Å². The number of carboxylic acids is 1. The number of aliphatic hydroxyl groups excluding tert-OH is 3. The van der Waals surface area contributed by atoms with Crippen LogP contribution in [-0.4, -0.2) is 167 Å². The number of esters is 1. The van der Waals surface area contributed by atoms with E-state index in [1.165, 1.54) is 40.4 Å². The van der Waals surface area contributed by atoms with Crippen molar-refractivity contribution in [3.63, 3.8) is 0 Å². The van der Waals surface area contributed by atoms with Crippen molar-refractivity contribution >= 4 is 62.7 Å². The molecule has 10 rings (SSSR count). The first-order chi connectivity index (χ1) is 38.9. The number of nitrogens with zero attached hydrogens (tertiary/aromatic N) is 7. The second-order valence-corrected chi connectivity index (χ2v) is 20.8. The number of hydrogen-bond donors (Lipinski definition) is 6. The molecular weight excluding hydrogens is 1110 g/mol. The highest BCUT2D eigenvalue weighted by Gasteiger charge is 2.49. The molecule has 0 radical (unpaired) electrons. The van der Waals surface area contributed by atoms with Crippen LogP contribution in [0.3, 0.4) is 0 Å². The van der Waals surface area contributed by atoms with E-state index in [-0.39, 0.29) is 114 Å². The maximum Gasteiger partial charge on any atom is 0.501 e. The standard InChI is InChI=1S/C51H49FN8O21S/c1-4-51(73)28-16-32-39-26(20-59(32)47(69)27(28)21-77-50(51)72)38-30(54-45(67)22(2)61)7-6-25-37(38)31(53-39)17-29(52)43(25)81-82(74,75)80-34-15-23(5-8-33(34)78-49-42(66)40(64)41(65)44(79-49)48(70)71)46(68)57(3)11-13-76-14-12-58-18-24(55-56-58)19-60-35(62)9-10-36(60)63/h5,8-10,15-18,30,40-42,44,49,64-66,73H,4,6-7,11-14,19-21H2,1-3H3,(H,54,67)(H,70,71)/t30-,40-,41-,42+,44-,49+,51-/m0/s1. The van der Waals surface area contributed by atoms with Crippen molar-refractivity contribution in [1.29, 1.82) is 0 Å². The van der Waals surface area contributed by atoms with Gasteiger partial charge in [0.05, 0.1) is 67.6 Å². The highest BCUT2D eigenvalue weighted by atomic mass is 32.3. The summed E-state index contributed by atoms with van der Waals surface area (Å²) >= 11 is 0. The van der Waals surface area contributed by atoms with Crippen LogP contribution in [0.15, 0.2) is 53.5 Å². The summed E-state index contributed by atoms with van der Waals surface area (Å²) in [6.45, 7) is 1.89. The van der Waals surface area contributed by atoms with Crippen LogP contribution in [0.2, 0.25) is 0 Å². The number of aliphatic hydroxyl groups is 4. The Morgan fingerprint density at radius 1 is 0.963 bits per heavy atom. The zero-order valence-electron chi connectivity index (χ0n) is 43.3. The lowest BCUT2D eigenvalue weighted by Gasteiger charge is -2.38. The van der Waals surface area contributed by atoms with Gasteiger partial charge in [-0.1, -0.05) is 12.1 Å². The van der Waals surface area contributed by atoms with E-state index in [0.717, 1.165) is 48.2 Å². The number of rotatable bonds is 19. The molecule has 0 bridgehead atoms. The van der Waals surface area contributed by atoms with Crippen molar-refractivity contribution in [3.05, 3.63) is 104 Å². The Balaban J connectivity index is 0.940. The molecule has 1 saturated heterocycles. The second-order valence-electron chi connectivity index (χ2n) is 19.6. The summed E-state index contributed by atoms with van der Waals surface area (Å²) in [5.74, 6) is -10.2. The lowest BCUT2D eigenvalue weighted by atomic mass is 9.82. The first-order valence-electron chi connectivity index (χ1n) is 25.2. The summed E-state index contributed by atoms with van der Waals surface area (Å²) in [5, 5.41) is 63.3. The van der Waals surface area contributed by atoms with Crippen molar-refractivity contribution < 1.29 is 99.2 Å². The number of cyclic esters (lactones) is 1. The number of aryl methyl sites for hydroxylation is 1. The normalized spacial score (nSPS) is 22.5. The molecule has 7 atom stereocenters. The number of carbonyl (C=O) groups excluding carboxylic acids is 6. The third-order valence-electron chi connectivity index (χ3n) is 14.5. The lowest BCUT2D eigenvalue weighted by Crippen LogP contribution is -2.61. The third kappa shape index (κ3) is 10.3. The van der Waals surface area contributed by atoms with Crippen LogP contribution in [0.1, 0.15) is 76.6 Å². The first kappa shape index (κ1) is 56.7. The van der Waals surface area contributed by atoms with Crippen molar-refractivity contribution in [3.8, 4) is 28.6 Å². The Morgan fingerprint density at radius 2 is 1.71 bits per heavy atom. The minimum absolute atomic E-state index is 0.0154. The molecule has 6 N–H and O–H groups in total. The van der Waals surface area contributed by atoms with Crippen LogP contribution in [-0.2, 0) is 91.6 Å². The van der Waals surface area contributed by atoms with Crippen LogP contribution in [0.4, 0.5) is 4.39 Å². The molecule has 0 spiro atoms. The molecule has 4 amide bonds. The number of nitrogens with one attached hydrogen (secondary N) is 1. The number of hydrogen-bond acceptors (Lipinski definition) is 23. The SMILES string of the molecule is CC[C@@]1(O)C(=O)OCc2c1cc1n(c2=O)Cc2c-1nc1cc(F)c(OS(=O)(=O)Oc3cc(C(=O)N(C)CCOCCn4cc(CN5C(=O)C=CC5=O)nn4)ccc3O[C@@H]3O[C@H](C(=O)O)[C@@H](O)[C@H](O)[C@H]3O)c3c1c2[C@@H](NC(=O)C(C)=O)CC3. The summed E-state index contributed by atoms with van der Waals surface area (Å²) in [7, 11) is -4.24. The summed E-state index contributed by atoms with van der Waals surface area (Å²) < 4.78 is 80.4. The summed E-state index contributed by atoms with van der Waals surface area (Å²) in [6.07, 6.45) is -7.55. The third-order valence-corrected chi connectivity index (χ3v) is 15.3. The molecular formula is C51H49FN8O21S. The summed E-state index contributed by atoms with van der Waals surface area (Å²) in [6, 6.07) is 4.11. The Hall–Kier alpha value is -8.59. The highest BCUT2D eigenvalue weighted by molar-refractivity contribution is 7.82. The minimum atomic E-state index is -5.61. The van der Waals surface area contributed by atoms with Gasteiger partial charge in [-0.3, -0.25) is 33.7 Å². The number of ether oxygens (including phenoxy) is 4. The van der Waals surface area contributed by atoms with Gasteiger partial charge in [0.25, 0.3) is 29.2 Å². The molecule has 432 valence electrons. The first-order valence-corrected chi connectivity index (χ1v) is 26.5. The van der Waals surface area contributed by atoms with E-state index in [1.807, 2.05) is 0 Å². The number of carbonyl (C=O) groups is 7. The van der Waals surface area contributed by atoms with Crippen LogP contribution >= 0.6 is 0 Å². The van der Waals surface area contributed by atoms with Crippen molar-refractivity contribution in [2.75, 3.05) is 26.8 Å². The predicted molar refractivity (Wildman–Crippen MR) is 268 cm³/mol. The monoisotopic (exact) mass is 1160 g/mol. The molecule has 0 saturated carbocycles. The topological polar surface area (TPSA) is 394 Å². The molecule has 1 aliphatic carbocycles. The second kappa shape index (κ2) is 21.7. The van der Waals surface area contributed by atoms with E-state index in [4.69, 9.17) is 32.3 Å². The fraction of sp³-hybridized carbons (Fsp3) is 0.392. The Morgan fingerprint density at radius 3 is 2.41 bits per heavy atom. The number of ketones is 1. The van der Waals surface area contributed by atoms with E-state index in [9.17, 15) is 72.3 Å². The van der Waals surface area contributed by atoms with E-state index < -0.39 is 129 Å². The molecule has 1 fully saturated rings. The summed E-state index contributed by atoms with van der Waals surface area (Å²) in [4.78, 5) is 109. The Kier molecular flexibility index (Phi) is 15.0. The van der Waals surface area contributed by atoms with Gasteiger partial charge in [0.1, 0.15) is 30.6 Å². The molecule has 5 aliphatic rings. The number of aliphatic carboxylic acids is 1. The predicted octanol–water partition coefficient (Wildman–Crippen LogP) is -1.31. The lowest BCUT2D eigenvalue weighted by molar-refractivity contribution is -0.271. The number of pyridine rings is 2. The fourth-order valence-corrected chi connectivity index (χ4v) is 11.0. The van der Waals surface area contributed by atoms with Crippen molar-refractivity contribution in [2.24, 2.45) is 0 Å². The maximum atomic E-state index is 16.7. The van der Waals surface area contributed by atoms with Crippen molar-refractivity contribution in [2.45, 2.75) is 102 Å². The van der Waals surface area contributed by atoms with Gasteiger partial charge in [-0.2, -0.15) is 0 Å². The summed E-state index contributed by atoms with van der Waals surface area (Å²) in [5.41, 5.74) is -2.46. The van der Waals surface area contributed by atoms with E-state index >= 15 is 4.39 Å². The van der Waals surface area contributed by atoms with Gasteiger partial charge in [-0.05, 0) is 49.1 Å². The number of fused-ring (bicyclic) bond motifs is 5. The largest absolute Gasteiger partial charge is 0.501 e. The molecule has 0 unspecified atom stereocenters. The number of imide groups is 1. The Labute approximate surface area is 461 Å². The fourth-order valence-electron chi connectivity index (χ4n) is 10.2. The average molecular weight is 1160 g/mol. The highest BCUT2D eigenvalue weighted by Crippen LogP contribution is 2.48. The molecule has 3 aromatic heterocycles. The molecule has 29 nitrogen and oxygen atoms in total. The average Bonchev–Trinajstić information content (AvgIpc) is 2.65. The van der Waals surface area contributed by atoms with Gasteiger partial charge in [0, 0.05) is 66.4 Å². The van der Waals surface area contributed by atoms with Crippen LogP contribution in [0.5, 0.6) is 17.2 Å². The molecule has 5 aromatic rings. The molecule has 7 heterocycles. The zero-order chi connectivity index (χ0) is 58.9. The van der Waals surface area contributed by atoms with Gasteiger partial charge in [0.15, 0.2) is 34.8 Å². The number of benzene rings is 2. The number of Topliss-reactive ketones (excluding diaryl/α,β-unsaturated/α-hetero) is 1. The molecule has 82 heavy (non-hydrogen) atoms. The number of carboxylic acid groups (broad SMARTS) is 1. The Bertz CT molecular complexity index is 3760.